The van der Waals surface area contributed by atoms with Gasteiger partial charge in [0.1, 0.15) is 0 Å². The van der Waals surface area contributed by atoms with Crippen molar-refractivity contribution >= 4 is 26.8 Å². The third-order valence-corrected chi connectivity index (χ3v) is 2.92. The summed E-state index contributed by atoms with van der Waals surface area (Å²) in [4.78, 5) is 18.1. The van der Waals surface area contributed by atoms with Gasteiger partial charge in [0.15, 0.2) is 0 Å². The Morgan fingerprint density at radius 2 is 2.27 bits per heavy atom. The Balaban J connectivity index is 2.80. The lowest BCUT2D eigenvalue weighted by molar-refractivity contribution is 0.874. The maximum absolute atomic E-state index is 11.3. The second-order valence-electron chi connectivity index (χ2n) is 3.41. The molecule has 3 nitrogen and oxygen atoms in total. The fourth-order valence-corrected chi connectivity index (χ4v) is 2.10. The van der Waals surface area contributed by atoms with Gasteiger partial charge >= 0.3 is 5.69 Å². The molecule has 15 heavy (non-hydrogen) atoms. The van der Waals surface area contributed by atoms with E-state index < -0.39 is 0 Å². The molecule has 0 radical (unpaired) electrons. The van der Waals surface area contributed by atoms with Gasteiger partial charge in [0.05, 0.1) is 5.52 Å². The van der Waals surface area contributed by atoms with Crippen LogP contribution < -0.4 is 5.69 Å². The van der Waals surface area contributed by atoms with Gasteiger partial charge in [-0.3, -0.25) is 0 Å². The molecule has 0 saturated heterocycles. The maximum Gasteiger partial charge on any atom is 0.345 e. The molecule has 0 saturated carbocycles. The molecule has 0 fully saturated rings. The van der Waals surface area contributed by atoms with Gasteiger partial charge in [0.25, 0.3) is 0 Å². The van der Waals surface area contributed by atoms with E-state index in [4.69, 9.17) is 0 Å². The zero-order chi connectivity index (χ0) is 10.8. The van der Waals surface area contributed by atoms with Crippen LogP contribution in [0.5, 0.6) is 0 Å². The first-order chi connectivity index (χ1) is 7.22. The molecule has 2 aromatic rings. The van der Waals surface area contributed by atoms with Crippen LogP contribution in [0.2, 0.25) is 0 Å². The number of para-hydroxylation sites is 1. The number of rotatable bonds is 2. The Hall–Kier alpha value is -1.16. The second kappa shape index (κ2) is 4.14. The van der Waals surface area contributed by atoms with Crippen LogP contribution in [-0.2, 0) is 6.42 Å². The topological polar surface area (TPSA) is 45.8 Å². The van der Waals surface area contributed by atoms with E-state index in [0.717, 1.165) is 33.9 Å². The van der Waals surface area contributed by atoms with E-state index >= 15 is 0 Å². The monoisotopic (exact) mass is 266 g/mol. The fourth-order valence-electron chi connectivity index (χ4n) is 1.65. The van der Waals surface area contributed by atoms with E-state index in [-0.39, 0.29) is 5.69 Å². The molecule has 78 valence electrons. The summed E-state index contributed by atoms with van der Waals surface area (Å²) in [6, 6.07) is 5.82. The van der Waals surface area contributed by atoms with E-state index in [0.29, 0.717) is 0 Å². The zero-order valence-corrected chi connectivity index (χ0v) is 9.97. The molecule has 1 aromatic heterocycles. The maximum atomic E-state index is 11.3. The molecule has 0 spiro atoms. The number of nitrogens with one attached hydrogen (secondary N) is 1. The Bertz CT molecular complexity index is 548. The summed E-state index contributed by atoms with van der Waals surface area (Å²) >= 11 is 3.40. The first kappa shape index (κ1) is 10.4. The normalized spacial score (nSPS) is 10.8. The number of benzene rings is 1. The number of hydrogen-bond acceptors (Lipinski definition) is 2. The number of aromatic nitrogens is 2. The molecule has 1 N–H and O–H groups in total. The summed E-state index contributed by atoms with van der Waals surface area (Å²) in [6.07, 6.45) is 1.87. The van der Waals surface area contributed by atoms with Crippen molar-refractivity contribution in [2.45, 2.75) is 19.8 Å². The van der Waals surface area contributed by atoms with Crippen molar-refractivity contribution in [3.8, 4) is 0 Å². The predicted molar refractivity (Wildman–Crippen MR) is 64.1 cm³/mol. The minimum atomic E-state index is -0.280. The SMILES string of the molecule is CCCc1[nH]c(=O)nc2c(Br)cccc12. The molecular formula is C11H11BrN2O. The molecule has 0 aliphatic rings. The van der Waals surface area contributed by atoms with Crippen molar-refractivity contribution in [3.63, 3.8) is 0 Å². The van der Waals surface area contributed by atoms with Gasteiger partial charge in [-0.25, -0.2) is 4.79 Å². The van der Waals surface area contributed by atoms with Crippen LogP contribution in [0.4, 0.5) is 0 Å². The van der Waals surface area contributed by atoms with E-state index in [1.165, 1.54) is 0 Å². The number of aryl methyl sites for hydroxylation is 1. The molecule has 1 heterocycles. The summed E-state index contributed by atoms with van der Waals surface area (Å²) in [5.41, 5.74) is 1.43. The second-order valence-corrected chi connectivity index (χ2v) is 4.26. The first-order valence-electron chi connectivity index (χ1n) is 4.89. The van der Waals surface area contributed by atoms with Crippen LogP contribution in [-0.4, -0.2) is 9.97 Å². The van der Waals surface area contributed by atoms with Crippen molar-refractivity contribution in [1.29, 1.82) is 0 Å². The van der Waals surface area contributed by atoms with Crippen LogP contribution in [0.15, 0.2) is 27.5 Å². The Morgan fingerprint density at radius 3 is 3.00 bits per heavy atom. The van der Waals surface area contributed by atoms with Gasteiger partial charge in [-0.1, -0.05) is 25.5 Å². The number of H-pyrrole nitrogens is 1. The average molecular weight is 267 g/mol. The summed E-state index contributed by atoms with van der Waals surface area (Å²) < 4.78 is 0.864. The van der Waals surface area contributed by atoms with Gasteiger partial charge in [0, 0.05) is 15.6 Å². The number of fused-ring (bicyclic) bond motifs is 1. The predicted octanol–water partition coefficient (Wildman–Crippen LogP) is 2.64. The Labute approximate surface area is 95.7 Å². The molecule has 0 bridgehead atoms. The summed E-state index contributed by atoms with van der Waals surface area (Å²) in [5.74, 6) is 0. The number of hydrogen-bond donors (Lipinski definition) is 1. The van der Waals surface area contributed by atoms with Crippen molar-refractivity contribution in [2.24, 2.45) is 0 Å². The lowest BCUT2D eigenvalue weighted by Gasteiger charge is -2.04. The summed E-state index contributed by atoms with van der Waals surface area (Å²) in [5, 5.41) is 1.02. The first-order valence-corrected chi connectivity index (χ1v) is 5.69. The standard InChI is InChI=1S/C11H11BrN2O/c1-2-4-9-7-5-3-6-8(12)10(7)14-11(15)13-9/h3,5-6H,2,4H2,1H3,(H,13,14,15). The molecule has 0 amide bonds. The van der Waals surface area contributed by atoms with Crippen LogP contribution in [0.25, 0.3) is 10.9 Å². The molecule has 0 aliphatic heterocycles. The lowest BCUT2D eigenvalue weighted by Crippen LogP contribution is -2.13. The third-order valence-electron chi connectivity index (χ3n) is 2.28. The molecule has 0 atom stereocenters. The van der Waals surface area contributed by atoms with Crippen molar-refractivity contribution in [1.82, 2.24) is 9.97 Å². The highest BCUT2D eigenvalue weighted by molar-refractivity contribution is 9.10. The summed E-state index contributed by atoms with van der Waals surface area (Å²) in [7, 11) is 0. The fraction of sp³-hybridized carbons (Fsp3) is 0.273. The molecule has 4 heteroatoms. The third kappa shape index (κ3) is 1.95. The molecule has 0 unspecified atom stereocenters. The highest BCUT2D eigenvalue weighted by atomic mass is 79.9. The van der Waals surface area contributed by atoms with E-state index in [9.17, 15) is 4.79 Å². The molecule has 0 aliphatic carbocycles. The molecular weight excluding hydrogens is 256 g/mol. The summed E-state index contributed by atoms with van der Waals surface area (Å²) in [6.45, 7) is 2.09. The number of aromatic amines is 1. The van der Waals surface area contributed by atoms with E-state index in [1.807, 2.05) is 18.2 Å². The minimum Gasteiger partial charge on any atom is -0.309 e. The zero-order valence-electron chi connectivity index (χ0n) is 8.38. The average Bonchev–Trinajstić information content (AvgIpc) is 2.20. The van der Waals surface area contributed by atoms with Gasteiger partial charge < -0.3 is 4.98 Å². The van der Waals surface area contributed by atoms with Gasteiger partial charge in [0.2, 0.25) is 0 Å². The van der Waals surface area contributed by atoms with Crippen LogP contribution in [0, 0.1) is 0 Å². The quantitative estimate of drug-likeness (QED) is 0.909. The largest absolute Gasteiger partial charge is 0.345 e. The molecule has 1 aromatic carbocycles. The van der Waals surface area contributed by atoms with Gasteiger partial charge in [-0.2, -0.15) is 4.98 Å². The van der Waals surface area contributed by atoms with Crippen molar-refractivity contribution in [2.75, 3.05) is 0 Å². The number of halogens is 1. The van der Waals surface area contributed by atoms with Gasteiger partial charge in [-0.05, 0) is 28.4 Å². The van der Waals surface area contributed by atoms with Crippen LogP contribution in [0.1, 0.15) is 19.0 Å². The molecule has 2 rings (SSSR count). The minimum absolute atomic E-state index is 0.280. The van der Waals surface area contributed by atoms with Crippen LogP contribution in [0.3, 0.4) is 0 Å². The number of nitrogens with zero attached hydrogens (tertiary/aromatic N) is 1. The highest BCUT2D eigenvalue weighted by Crippen LogP contribution is 2.22. The smallest absolute Gasteiger partial charge is 0.309 e. The van der Waals surface area contributed by atoms with Crippen molar-refractivity contribution in [3.05, 3.63) is 38.9 Å². The van der Waals surface area contributed by atoms with Gasteiger partial charge in [-0.15, -0.1) is 0 Å². The Kier molecular flexibility index (Phi) is 2.86. The van der Waals surface area contributed by atoms with E-state index in [2.05, 4.69) is 32.8 Å². The van der Waals surface area contributed by atoms with E-state index in [1.54, 1.807) is 0 Å². The highest BCUT2D eigenvalue weighted by Gasteiger charge is 2.05. The van der Waals surface area contributed by atoms with Crippen LogP contribution >= 0.6 is 15.9 Å². The van der Waals surface area contributed by atoms with Crippen molar-refractivity contribution < 1.29 is 0 Å². The Morgan fingerprint density at radius 1 is 1.47 bits per heavy atom. The lowest BCUT2D eigenvalue weighted by atomic mass is 10.1.